The SMILES string of the molecule is CCCNC(=O)C1=C(C)C(=O)OC12CCCCC2. The summed E-state index contributed by atoms with van der Waals surface area (Å²) in [7, 11) is 0. The first kappa shape index (κ1) is 13.1. The van der Waals surface area contributed by atoms with Crippen molar-refractivity contribution in [1.82, 2.24) is 5.32 Å². The molecule has 100 valence electrons. The van der Waals surface area contributed by atoms with Crippen molar-refractivity contribution in [3.05, 3.63) is 11.1 Å². The molecule has 1 saturated carbocycles. The van der Waals surface area contributed by atoms with E-state index < -0.39 is 5.60 Å². The second kappa shape index (κ2) is 5.12. The minimum atomic E-state index is -0.628. The molecular weight excluding hydrogens is 230 g/mol. The lowest BCUT2D eigenvalue weighted by Gasteiger charge is -2.33. The van der Waals surface area contributed by atoms with Crippen molar-refractivity contribution >= 4 is 11.9 Å². The molecule has 4 heteroatoms. The topological polar surface area (TPSA) is 55.4 Å². The third-order valence-corrected chi connectivity index (χ3v) is 3.85. The van der Waals surface area contributed by atoms with Gasteiger partial charge in [-0.05, 0) is 39.0 Å². The molecule has 1 N–H and O–H groups in total. The zero-order chi connectivity index (χ0) is 13.2. The van der Waals surface area contributed by atoms with Gasteiger partial charge in [-0.3, -0.25) is 4.79 Å². The van der Waals surface area contributed by atoms with Crippen LogP contribution in [0, 0.1) is 0 Å². The van der Waals surface area contributed by atoms with Crippen LogP contribution in [-0.2, 0) is 14.3 Å². The number of nitrogens with one attached hydrogen (secondary N) is 1. The van der Waals surface area contributed by atoms with E-state index in [9.17, 15) is 9.59 Å². The molecular formula is C14H21NO3. The predicted molar refractivity (Wildman–Crippen MR) is 67.9 cm³/mol. The van der Waals surface area contributed by atoms with Gasteiger partial charge in [0.05, 0.1) is 5.57 Å². The lowest BCUT2D eigenvalue weighted by atomic mass is 9.78. The fraction of sp³-hybridized carbons (Fsp3) is 0.714. The molecule has 1 heterocycles. The molecule has 0 aromatic carbocycles. The Morgan fingerprint density at radius 3 is 2.61 bits per heavy atom. The van der Waals surface area contributed by atoms with Crippen LogP contribution in [0.1, 0.15) is 52.4 Å². The van der Waals surface area contributed by atoms with Crippen molar-refractivity contribution in [2.75, 3.05) is 6.54 Å². The summed E-state index contributed by atoms with van der Waals surface area (Å²) in [4.78, 5) is 24.0. The summed E-state index contributed by atoms with van der Waals surface area (Å²) in [5.74, 6) is -0.444. The van der Waals surface area contributed by atoms with Gasteiger partial charge in [-0.1, -0.05) is 13.3 Å². The number of amides is 1. The van der Waals surface area contributed by atoms with Crippen LogP contribution in [0.3, 0.4) is 0 Å². The molecule has 1 fully saturated rings. The number of carbonyl (C=O) groups excluding carboxylic acids is 2. The summed E-state index contributed by atoms with van der Waals surface area (Å²) in [5.41, 5.74) is 0.447. The highest BCUT2D eigenvalue weighted by Crippen LogP contribution is 2.43. The fourth-order valence-electron chi connectivity index (χ4n) is 2.93. The van der Waals surface area contributed by atoms with Gasteiger partial charge in [-0.15, -0.1) is 0 Å². The molecule has 18 heavy (non-hydrogen) atoms. The second-order valence-corrected chi connectivity index (χ2v) is 5.20. The largest absolute Gasteiger partial charge is 0.451 e. The maximum atomic E-state index is 12.2. The van der Waals surface area contributed by atoms with Crippen LogP contribution in [-0.4, -0.2) is 24.0 Å². The van der Waals surface area contributed by atoms with Gasteiger partial charge in [-0.25, -0.2) is 4.79 Å². The first-order valence-corrected chi connectivity index (χ1v) is 6.83. The monoisotopic (exact) mass is 251 g/mol. The van der Waals surface area contributed by atoms with Gasteiger partial charge < -0.3 is 10.1 Å². The Morgan fingerprint density at radius 2 is 2.00 bits per heavy atom. The van der Waals surface area contributed by atoms with Gasteiger partial charge in [0.25, 0.3) is 5.91 Å². The molecule has 0 unspecified atom stereocenters. The van der Waals surface area contributed by atoms with E-state index in [0.29, 0.717) is 17.7 Å². The average Bonchev–Trinajstić information content (AvgIpc) is 2.59. The lowest BCUT2D eigenvalue weighted by molar-refractivity contribution is -0.149. The second-order valence-electron chi connectivity index (χ2n) is 5.20. The van der Waals surface area contributed by atoms with Crippen LogP contribution in [0.4, 0.5) is 0 Å². The van der Waals surface area contributed by atoms with Crippen LogP contribution in [0.15, 0.2) is 11.1 Å². The maximum Gasteiger partial charge on any atom is 0.335 e. The molecule has 0 radical (unpaired) electrons. The molecule has 0 aromatic rings. The summed E-state index contributed by atoms with van der Waals surface area (Å²) in [6.45, 7) is 4.35. The van der Waals surface area contributed by atoms with E-state index in [1.54, 1.807) is 6.92 Å². The zero-order valence-electron chi connectivity index (χ0n) is 11.2. The van der Waals surface area contributed by atoms with Gasteiger partial charge in [0.15, 0.2) is 0 Å². The Morgan fingerprint density at radius 1 is 1.33 bits per heavy atom. The molecule has 0 aromatic heterocycles. The Labute approximate surface area is 108 Å². The van der Waals surface area contributed by atoms with Gasteiger partial charge >= 0.3 is 5.97 Å². The van der Waals surface area contributed by atoms with E-state index in [0.717, 1.165) is 38.5 Å². The number of hydrogen-bond donors (Lipinski definition) is 1. The molecule has 0 bridgehead atoms. The van der Waals surface area contributed by atoms with E-state index in [1.807, 2.05) is 6.92 Å². The van der Waals surface area contributed by atoms with Gasteiger partial charge in [-0.2, -0.15) is 0 Å². The highest BCUT2D eigenvalue weighted by Gasteiger charge is 2.49. The third kappa shape index (κ3) is 2.16. The minimum absolute atomic E-state index is 0.123. The highest BCUT2D eigenvalue weighted by atomic mass is 16.6. The molecule has 2 rings (SSSR count). The van der Waals surface area contributed by atoms with Crippen molar-refractivity contribution in [3.8, 4) is 0 Å². The average molecular weight is 251 g/mol. The normalized spacial score (nSPS) is 22.2. The molecule has 0 saturated heterocycles. The lowest BCUT2D eigenvalue weighted by Crippen LogP contribution is -2.41. The number of esters is 1. The summed E-state index contributed by atoms with van der Waals surface area (Å²) in [6, 6.07) is 0. The molecule has 2 aliphatic rings. The standard InChI is InChI=1S/C14H21NO3/c1-3-9-15-12(16)11-10(2)13(17)18-14(11)7-5-4-6-8-14/h3-9H2,1-2H3,(H,15,16). The zero-order valence-corrected chi connectivity index (χ0v) is 11.2. The molecule has 1 aliphatic carbocycles. The quantitative estimate of drug-likeness (QED) is 0.781. The molecule has 1 amide bonds. The molecule has 1 spiro atoms. The molecule has 1 aliphatic heterocycles. The predicted octanol–water partition coefficient (Wildman–Crippen LogP) is 2.09. The van der Waals surface area contributed by atoms with Gasteiger partial charge in [0.2, 0.25) is 0 Å². The Hall–Kier alpha value is -1.32. The van der Waals surface area contributed by atoms with Crippen LogP contribution in [0.5, 0.6) is 0 Å². The fourth-order valence-corrected chi connectivity index (χ4v) is 2.93. The van der Waals surface area contributed by atoms with Crippen LogP contribution in [0.2, 0.25) is 0 Å². The molecule has 0 atom stereocenters. The smallest absolute Gasteiger partial charge is 0.335 e. The Bertz CT molecular complexity index is 392. The van der Waals surface area contributed by atoms with Gasteiger partial charge in [0, 0.05) is 12.1 Å². The Kier molecular flexibility index (Phi) is 3.73. The summed E-state index contributed by atoms with van der Waals surface area (Å²) < 4.78 is 5.54. The van der Waals surface area contributed by atoms with E-state index >= 15 is 0 Å². The van der Waals surface area contributed by atoms with Crippen LogP contribution in [0.25, 0.3) is 0 Å². The van der Waals surface area contributed by atoms with E-state index in [1.165, 1.54) is 0 Å². The summed E-state index contributed by atoms with van der Waals surface area (Å²) >= 11 is 0. The first-order chi connectivity index (χ1) is 8.60. The van der Waals surface area contributed by atoms with Crippen molar-refractivity contribution in [2.45, 2.75) is 58.0 Å². The highest BCUT2D eigenvalue weighted by molar-refractivity contribution is 6.07. The Balaban J connectivity index is 2.26. The van der Waals surface area contributed by atoms with Crippen LogP contribution < -0.4 is 5.32 Å². The number of carbonyl (C=O) groups is 2. The maximum absolute atomic E-state index is 12.2. The number of hydrogen-bond acceptors (Lipinski definition) is 3. The van der Waals surface area contributed by atoms with Crippen molar-refractivity contribution in [3.63, 3.8) is 0 Å². The first-order valence-electron chi connectivity index (χ1n) is 6.83. The van der Waals surface area contributed by atoms with Crippen molar-refractivity contribution < 1.29 is 14.3 Å². The summed E-state index contributed by atoms with van der Waals surface area (Å²) in [6.07, 6.45) is 5.65. The van der Waals surface area contributed by atoms with E-state index in [2.05, 4.69) is 5.32 Å². The van der Waals surface area contributed by atoms with E-state index in [-0.39, 0.29) is 11.9 Å². The van der Waals surface area contributed by atoms with Crippen molar-refractivity contribution in [2.24, 2.45) is 0 Å². The third-order valence-electron chi connectivity index (χ3n) is 3.85. The van der Waals surface area contributed by atoms with Crippen LogP contribution >= 0.6 is 0 Å². The number of ether oxygens (including phenoxy) is 1. The van der Waals surface area contributed by atoms with Crippen molar-refractivity contribution in [1.29, 1.82) is 0 Å². The van der Waals surface area contributed by atoms with Gasteiger partial charge in [0.1, 0.15) is 5.60 Å². The van der Waals surface area contributed by atoms with E-state index in [4.69, 9.17) is 4.74 Å². The number of rotatable bonds is 3. The summed E-state index contributed by atoms with van der Waals surface area (Å²) in [5, 5.41) is 2.87. The minimum Gasteiger partial charge on any atom is -0.451 e. The molecule has 4 nitrogen and oxygen atoms in total.